The Kier molecular flexibility index (Phi) is 4.86. The van der Waals surface area contributed by atoms with Crippen molar-refractivity contribution in [2.75, 3.05) is 0 Å². The first-order valence-corrected chi connectivity index (χ1v) is 6.24. The summed E-state index contributed by atoms with van der Waals surface area (Å²) in [6, 6.07) is 0. The number of carbonyl (C=O) groups is 1. The van der Waals surface area contributed by atoms with Crippen LogP contribution < -0.4 is 0 Å². The quantitative estimate of drug-likeness (QED) is 0.478. The molecule has 0 aromatic heterocycles. The van der Waals surface area contributed by atoms with Crippen LogP contribution >= 0.6 is 0 Å². The molecule has 2 atom stereocenters. The molecule has 0 heterocycles. The van der Waals surface area contributed by atoms with Gasteiger partial charge in [0.15, 0.2) is 0 Å². The fourth-order valence-electron chi connectivity index (χ4n) is 0.679. The maximum absolute atomic E-state index is 10.7. The summed E-state index contributed by atoms with van der Waals surface area (Å²) in [5, 5.41) is 0. The van der Waals surface area contributed by atoms with Gasteiger partial charge in [-0.3, -0.25) is 0 Å². The monoisotopic (exact) mass is 172 g/mol. The molecule has 0 fully saturated rings. The van der Waals surface area contributed by atoms with Crippen molar-refractivity contribution < 1.29 is 9.22 Å². The summed E-state index contributed by atoms with van der Waals surface area (Å²) in [6.45, 7) is 9.61. The molecule has 0 aliphatic heterocycles. The Morgan fingerprint density at radius 3 is 2.73 bits per heavy atom. The maximum atomic E-state index is 10.7. The highest BCUT2D eigenvalue weighted by Gasteiger charge is 2.15. The van der Waals surface area contributed by atoms with E-state index in [1.165, 1.54) is 6.08 Å². The molecule has 0 bridgehead atoms. The van der Waals surface area contributed by atoms with Crippen LogP contribution in [0, 0.1) is 0 Å². The van der Waals surface area contributed by atoms with Gasteiger partial charge in [-0.1, -0.05) is 26.8 Å². The maximum Gasteiger partial charge on any atom is 0.316 e. The van der Waals surface area contributed by atoms with Crippen molar-refractivity contribution >= 4 is 15.0 Å². The van der Waals surface area contributed by atoms with E-state index in [0.717, 1.165) is 6.42 Å². The summed E-state index contributed by atoms with van der Waals surface area (Å²) in [5.41, 5.74) is 0.555. The summed E-state index contributed by atoms with van der Waals surface area (Å²) in [6.07, 6.45) is 2.31. The summed E-state index contributed by atoms with van der Waals surface area (Å²) in [5.74, 6) is -0.274. The Balaban J connectivity index is 3.76. The molecule has 2 unspecified atom stereocenters. The second kappa shape index (κ2) is 5.13. The SMILES string of the molecule is C=CC(=O)O[SiH](C)C(C)CC. The lowest BCUT2D eigenvalue weighted by Crippen LogP contribution is -2.21. The Morgan fingerprint density at radius 2 is 2.36 bits per heavy atom. The van der Waals surface area contributed by atoms with E-state index in [9.17, 15) is 4.79 Å². The molecule has 0 saturated carbocycles. The molecule has 0 saturated heterocycles. The summed E-state index contributed by atoms with van der Waals surface area (Å²) < 4.78 is 5.13. The van der Waals surface area contributed by atoms with Crippen LogP contribution in [0.5, 0.6) is 0 Å². The molecule has 0 spiro atoms. The number of carbonyl (C=O) groups excluding carboxylic acids is 1. The van der Waals surface area contributed by atoms with E-state index in [1.54, 1.807) is 0 Å². The highest BCUT2D eigenvalue weighted by atomic mass is 28.3. The fourth-order valence-corrected chi connectivity index (χ4v) is 2.04. The Hall–Kier alpha value is -0.573. The smallest absolute Gasteiger partial charge is 0.316 e. The van der Waals surface area contributed by atoms with Gasteiger partial charge in [0.2, 0.25) is 9.04 Å². The van der Waals surface area contributed by atoms with Gasteiger partial charge in [0, 0.05) is 6.08 Å². The van der Waals surface area contributed by atoms with Crippen molar-refractivity contribution in [1.82, 2.24) is 0 Å². The largest absolute Gasteiger partial charge is 0.519 e. The molecule has 11 heavy (non-hydrogen) atoms. The van der Waals surface area contributed by atoms with Crippen LogP contribution in [0.15, 0.2) is 12.7 Å². The van der Waals surface area contributed by atoms with Gasteiger partial charge in [-0.25, -0.2) is 4.79 Å². The van der Waals surface area contributed by atoms with Crippen LogP contribution in [0.2, 0.25) is 12.1 Å². The lowest BCUT2D eigenvalue weighted by Gasteiger charge is -2.15. The van der Waals surface area contributed by atoms with Gasteiger partial charge in [-0.2, -0.15) is 0 Å². The van der Waals surface area contributed by atoms with E-state index in [1.807, 2.05) is 6.55 Å². The van der Waals surface area contributed by atoms with E-state index in [-0.39, 0.29) is 5.97 Å². The molecule has 0 rings (SSSR count). The lowest BCUT2D eigenvalue weighted by atomic mass is 10.4. The molecule has 0 aliphatic rings. The average molecular weight is 172 g/mol. The Morgan fingerprint density at radius 1 is 1.82 bits per heavy atom. The Labute approximate surface area is 70.0 Å². The normalized spacial score (nSPS) is 15.2. The zero-order valence-electron chi connectivity index (χ0n) is 7.46. The fraction of sp³-hybridized carbons (Fsp3) is 0.625. The van der Waals surface area contributed by atoms with E-state index >= 15 is 0 Å². The predicted octanol–water partition coefficient (Wildman–Crippen LogP) is 1.87. The molecule has 0 amide bonds. The third-order valence-electron chi connectivity index (χ3n) is 1.91. The van der Waals surface area contributed by atoms with Crippen LogP contribution in [-0.2, 0) is 9.22 Å². The molecule has 0 radical (unpaired) electrons. The van der Waals surface area contributed by atoms with Crippen LogP contribution in [0.1, 0.15) is 20.3 Å². The molecule has 2 nitrogen and oxygen atoms in total. The molecular weight excluding hydrogens is 156 g/mol. The van der Waals surface area contributed by atoms with Crippen LogP contribution in [0.25, 0.3) is 0 Å². The molecule has 64 valence electrons. The van der Waals surface area contributed by atoms with Gasteiger partial charge in [-0.15, -0.1) is 0 Å². The minimum atomic E-state index is -1.29. The van der Waals surface area contributed by atoms with Crippen LogP contribution in [0.3, 0.4) is 0 Å². The van der Waals surface area contributed by atoms with Crippen molar-refractivity contribution in [3.05, 3.63) is 12.7 Å². The molecular formula is C8H16O2Si. The second-order valence-electron chi connectivity index (χ2n) is 2.73. The van der Waals surface area contributed by atoms with Gasteiger partial charge < -0.3 is 4.43 Å². The number of rotatable bonds is 4. The van der Waals surface area contributed by atoms with Crippen molar-refractivity contribution in [3.8, 4) is 0 Å². The van der Waals surface area contributed by atoms with Crippen molar-refractivity contribution in [1.29, 1.82) is 0 Å². The zero-order valence-corrected chi connectivity index (χ0v) is 8.62. The minimum Gasteiger partial charge on any atom is -0.519 e. The molecule has 0 N–H and O–H groups in total. The van der Waals surface area contributed by atoms with E-state index < -0.39 is 9.04 Å². The standard InChI is InChI=1S/C8H16O2Si/c1-5-7(3)11(4)10-8(9)6-2/h6-7,11H,2,5H2,1,3-4H3. The van der Waals surface area contributed by atoms with Gasteiger partial charge in [0.1, 0.15) is 0 Å². The minimum absolute atomic E-state index is 0.274. The summed E-state index contributed by atoms with van der Waals surface area (Å²) >= 11 is 0. The van der Waals surface area contributed by atoms with Crippen molar-refractivity contribution in [2.45, 2.75) is 32.4 Å². The third kappa shape index (κ3) is 3.98. The van der Waals surface area contributed by atoms with Crippen LogP contribution in [0.4, 0.5) is 0 Å². The van der Waals surface area contributed by atoms with Gasteiger partial charge >= 0.3 is 5.97 Å². The van der Waals surface area contributed by atoms with E-state index in [2.05, 4.69) is 20.4 Å². The Bertz CT molecular complexity index is 145. The van der Waals surface area contributed by atoms with Crippen molar-refractivity contribution in [3.63, 3.8) is 0 Å². The first kappa shape index (κ1) is 10.4. The van der Waals surface area contributed by atoms with Crippen molar-refractivity contribution in [2.24, 2.45) is 0 Å². The highest BCUT2D eigenvalue weighted by molar-refractivity contribution is 6.54. The van der Waals surface area contributed by atoms with Gasteiger partial charge in [-0.05, 0) is 12.1 Å². The predicted molar refractivity (Wildman–Crippen MR) is 49.0 cm³/mol. The molecule has 0 aliphatic carbocycles. The zero-order chi connectivity index (χ0) is 8.85. The third-order valence-corrected chi connectivity index (χ3v) is 4.59. The lowest BCUT2D eigenvalue weighted by molar-refractivity contribution is -0.129. The number of hydrogen-bond donors (Lipinski definition) is 0. The van der Waals surface area contributed by atoms with Gasteiger partial charge in [0.25, 0.3) is 0 Å². The van der Waals surface area contributed by atoms with Crippen LogP contribution in [-0.4, -0.2) is 15.0 Å². The summed E-state index contributed by atoms with van der Waals surface area (Å²) in [7, 11) is -1.29. The van der Waals surface area contributed by atoms with E-state index in [0.29, 0.717) is 5.54 Å². The number of hydrogen-bond acceptors (Lipinski definition) is 2. The molecule has 0 aromatic rings. The first-order chi connectivity index (χ1) is 5.11. The highest BCUT2D eigenvalue weighted by Crippen LogP contribution is 2.14. The molecule has 3 heteroatoms. The molecule has 0 aromatic carbocycles. The van der Waals surface area contributed by atoms with E-state index in [4.69, 9.17) is 4.43 Å². The second-order valence-corrected chi connectivity index (χ2v) is 5.52. The summed E-state index contributed by atoms with van der Waals surface area (Å²) in [4.78, 5) is 10.7. The average Bonchev–Trinajstić information content (AvgIpc) is 2.02. The van der Waals surface area contributed by atoms with Gasteiger partial charge in [0.05, 0.1) is 0 Å². The topological polar surface area (TPSA) is 26.3 Å². The first-order valence-electron chi connectivity index (χ1n) is 3.94.